The van der Waals surface area contributed by atoms with Gasteiger partial charge in [0.15, 0.2) is 0 Å². The van der Waals surface area contributed by atoms with Gasteiger partial charge in [0.2, 0.25) is 0 Å². The van der Waals surface area contributed by atoms with Crippen LogP contribution in [0.3, 0.4) is 0 Å². The first-order chi connectivity index (χ1) is 9.10. The number of nitrogens with zero attached hydrogens (tertiary/aromatic N) is 1. The van der Waals surface area contributed by atoms with Gasteiger partial charge in [0, 0.05) is 31.6 Å². The summed E-state index contributed by atoms with van der Waals surface area (Å²) in [6, 6.07) is 7.15. The summed E-state index contributed by atoms with van der Waals surface area (Å²) in [5, 5.41) is 9.30. The van der Waals surface area contributed by atoms with E-state index in [0.717, 1.165) is 31.5 Å². The molecule has 1 aromatic carbocycles. The molecule has 3 nitrogen and oxygen atoms in total. The molecule has 1 aliphatic rings. The van der Waals surface area contributed by atoms with Gasteiger partial charge in [-0.15, -0.1) is 0 Å². The number of Topliss-reactive ketones (excluding diaryl/α,β-unsaturated/α-hetero) is 1. The van der Waals surface area contributed by atoms with Gasteiger partial charge in [-0.05, 0) is 43.0 Å². The lowest BCUT2D eigenvalue weighted by atomic mass is 9.79. The Balaban J connectivity index is 1.99. The highest BCUT2D eigenvalue weighted by molar-refractivity contribution is 5.82. The number of aromatic hydroxyl groups is 1. The lowest BCUT2D eigenvalue weighted by molar-refractivity contribution is -0.125. The summed E-state index contributed by atoms with van der Waals surface area (Å²) in [5.41, 5.74) is 1.05. The molecule has 1 saturated carbocycles. The zero-order valence-corrected chi connectivity index (χ0v) is 11.8. The van der Waals surface area contributed by atoms with Crippen LogP contribution < -0.4 is 4.90 Å². The zero-order chi connectivity index (χ0) is 13.8. The number of ketones is 1. The highest BCUT2D eigenvalue weighted by atomic mass is 16.3. The van der Waals surface area contributed by atoms with Gasteiger partial charge >= 0.3 is 0 Å². The van der Waals surface area contributed by atoms with E-state index in [4.69, 9.17) is 0 Å². The second kappa shape index (κ2) is 6.09. The van der Waals surface area contributed by atoms with E-state index in [1.165, 1.54) is 6.42 Å². The number of anilines is 1. The lowest BCUT2D eigenvalue weighted by Crippen LogP contribution is -2.34. The molecule has 104 valence electrons. The van der Waals surface area contributed by atoms with Gasteiger partial charge in [-0.2, -0.15) is 0 Å². The maximum atomic E-state index is 12.0. The van der Waals surface area contributed by atoms with Crippen molar-refractivity contribution in [3.05, 3.63) is 24.3 Å². The molecule has 0 heterocycles. The third-order valence-electron chi connectivity index (χ3n) is 4.23. The van der Waals surface area contributed by atoms with Crippen molar-refractivity contribution in [2.24, 2.45) is 11.8 Å². The molecule has 1 N–H and O–H groups in total. The monoisotopic (exact) mass is 261 g/mol. The third kappa shape index (κ3) is 3.49. The van der Waals surface area contributed by atoms with Gasteiger partial charge in [0.25, 0.3) is 0 Å². The van der Waals surface area contributed by atoms with Crippen LogP contribution >= 0.6 is 0 Å². The van der Waals surface area contributed by atoms with Crippen molar-refractivity contribution in [2.45, 2.75) is 32.6 Å². The maximum absolute atomic E-state index is 12.0. The van der Waals surface area contributed by atoms with Crippen LogP contribution in [0.1, 0.15) is 32.6 Å². The van der Waals surface area contributed by atoms with Crippen LogP contribution in [-0.4, -0.2) is 24.5 Å². The Labute approximate surface area is 115 Å². The van der Waals surface area contributed by atoms with Gasteiger partial charge in [-0.25, -0.2) is 0 Å². The third-order valence-corrected chi connectivity index (χ3v) is 4.23. The van der Waals surface area contributed by atoms with Crippen LogP contribution in [0.2, 0.25) is 0 Å². The molecule has 2 atom stereocenters. The summed E-state index contributed by atoms with van der Waals surface area (Å²) in [6.07, 6.45) is 4.01. The summed E-state index contributed by atoms with van der Waals surface area (Å²) in [4.78, 5) is 14.1. The van der Waals surface area contributed by atoms with Crippen molar-refractivity contribution >= 4 is 11.5 Å². The van der Waals surface area contributed by atoms with Crippen molar-refractivity contribution in [1.29, 1.82) is 0 Å². The molecule has 0 amide bonds. The van der Waals surface area contributed by atoms with Crippen molar-refractivity contribution in [3.63, 3.8) is 0 Å². The van der Waals surface area contributed by atoms with Gasteiger partial charge in [-0.3, -0.25) is 4.79 Å². The minimum Gasteiger partial charge on any atom is -0.508 e. The molecule has 0 saturated heterocycles. The van der Waals surface area contributed by atoms with Crippen LogP contribution in [0.25, 0.3) is 0 Å². The molecule has 1 aliphatic carbocycles. The Morgan fingerprint density at radius 3 is 2.63 bits per heavy atom. The van der Waals surface area contributed by atoms with E-state index in [1.807, 2.05) is 19.2 Å². The fraction of sp³-hybridized carbons (Fsp3) is 0.562. The summed E-state index contributed by atoms with van der Waals surface area (Å²) in [5.74, 6) is 1.56. The van der Waals surface area contributed by atoms with E-state index in [9.17, 15) is 9.90 Å². The topological polar surface area (TPSA) is 40.5 Å². The molecule has 2 unspecified atom stereocenters. The molecule has 0 radical (unpaired) electrons. The number of hydrogen-bond acceptors (Lipinski definition) is 3. The fourth-order valence-corrected chi connectivity index (χ4v) is 2.89. The molecule has 0 spiro atoms. The van der Waals surface area contributed by atoms with Crippen LogP contribution in [0.5, 0.6) is 5.75 Å². The van der Waals surface area contributed by atoms with Crippen molar-refractivity contribution in [1.82, 2.24) is 0 Å². The Morgan fingerprint density at radius 1 is 1.32 bits per heavy atom. The normalized spacial score (nSPS) is 23.4. The highest BCUT2D eigenvalue weighted by Crippen LogP contribution is 2.30. The van der Waals surface area contributed by atoms with E-state index in [0.29, 0.717) is 11.7 Å². The molecular formula is C16H23NO2. The standard InChI is InChI=1S/C16H23NO2/c1-3-12-4-9-16(19)13(10-12)11-17(2)14-5-7-15(18)8-6-14/h5-8,12-13,18H,3-4,9-11H2,1-2H3. The van der Waals surface area contributed by atoms with Crippen molar-refractivity contribution < 1.29 is 9.90 Å². The predicted molar refractivity (Wildman–Crippen MR) is 77.5 cm³/mol. The number of carbonyl (C=O) groups excluding carboxylic acids is 1. The molecule has 3 heteroatoms. The summed E-state index contributed by atoms with van der Waals surface area (Å²) in [6.45, 7) is 2.99. The molecule has 1 fully saturated rings. The van der Waals surface area contributed by atoms with E-state index >= 15 is 0 Å². The molecule has 19 heavy (non-hydrogen) atoms. The van der Waals surface area contributed by atoms with Crippen LogP contribution in [0, 0.1) is 11.8 Å². The zero-order valence-electron chi connectivity index (χ0n) is 11.8. The van der Waals surface area contributed by atoms with Gasteiger partial charge < -0.3 is 10.0 Å². The van der Waals surface area contributed by atoms with E-state index < -0.39 is 0 Å². The Hall–Kier alpha value is -1.51. The van der Waals surface area contributed by atoms with Crippen molar-refractivity contribution in [3.8, 4) is 5.75 Å². The highest BCUT2D eigenvalue weighted by Gasteiger charge is 2.28. The van der Waals surface area contributed by atoms with Crippen molar-refractivity contribution in [2.75, 3.05) is 18.5 Å². The molecule has 0 aliphatic heterocycles. The van der Waals surface area contributed by atoms with Crippen LogP contribution in [-0.2, 0) is 4.79 Å². The van der Waals surface area contributed by atoms with E-state index in [2.05, 4.69) is 11.8 Å². The van der Waals surface area contributed by atoms with Crippen LogP contribution in [0.15, 0.2) is 24.3 Å². The SMILES string of the molecule is CCC1CCC(=O)C(CN(C)c2ccc(O)cc2)C1. The number of benzene rings is 1. The first-order valence-corrected chi connectivity index (χ1v) is 7.13. The Kier molecular flexibility index (Phi) is 4.46. The van der Waals surface area contributed by atoms with Gasteiger partial charge in [-0.1, -0.05) is 13.3 Å². The number of hydrogen-bond donors (Lipinski definition) is 1. The molecule has 2 rings (SSSR count). The molecular weight excluding hydrogens is 238 g/mol. The number of rotatable bonds is 4. The van der Waals surface area contributed by atoms with Gasteiger partial charge in [0.1, 0.15) is 11.5 Å². The van der Waals surface area contributed by atoms with Crippen LogP contribution in [0.4, 0.5) is 5.69 Å². The van der Waals surface area contributed by atoms with Gasteiger partial charge in [0.05, 0.1) is 0 Å². The Morgan fingerprint density at radius 2 is 2.00 bits per heavy atom. The average Bonchev–Trinajstić information content (AvgIpc) is 2.42. The quantitative estimate of drug-likeness (QED) is 0.904. The first-order valence-electron chi connectivity index (χ1n) is 7.13. The van der Waals surface area contributed by atoms with E-state index in [-0.39, 0.29) is 11.7 Å². The summed E-state index contributed by atoms with van der Waals surface area (Å²) in [7, 11) is 2.01. The second-order valence-corrected chi connectivity index (χ2v) is 5.61. The smallest absolute Gasteiger partial charge is 0.137 e. The predicted octanol–water partition coefficient (Wildman–Crippen LogP) is 3.22. The van der Waals surface area contributed by atoms with E-state index in [1.54, 1.807) is 12.1 Å². The minimum absolute atomic E-state index is 0.164. The average molecular weight is 261 g/mol. The maximum Gasteiger partial charge on any atom is 0.137 e. The minimum atomic E-state index is 0.164. The number of phenols is 1. The molecule has 0 bridgehead atoms. The number of carbonyl (C=O) groups is 1. The molecule has 1 aromatic rings. The second-order valence-electron chi connectivity index (χ2n) is 5.61. The summed E-state index contributed by atoms with van der Waals surface area (Å²) < 4.78 is 0. The fourth-order valence-electron chi connectivity index (χ4n) is 2.89. The molecule has 0 aromatic heterocycles. The Bertz CT molecular complexity index is 427. The number of phenolic OH excluding ortho intramolecular Hbond substituents is 1. The summed E-state index contributed by atoms with van der Waals surface area (Å²) >= 11 is 0. The largest absolute Gasteiger partial charge is 0.508 e. The lowest BCUT2D eigenvalue weighted by Gasteiger charge is -2.31. The first kappa shape index (κ1) is 13.9.